The second-order valence-corrected chi connectivity index (χ2v) is 9.24. The number of carboxylic acid groups (broad SMARTS) is 1. The topological polar surface area (TPSA) is 86.7 Å². The van der Waals surface area contributed by atoms with E-state index in [1.807, 2.05) is 0 Å². The summed E-state index contributed by atoms with van der Waals surface area (Å²) in [7, 11) is 0. The first-order chi connectivity index (χ1) is 18.4. The normalized spacial score (nSPS) is 12.7. The van der Waals surface area contributed by atoms with Crippen LogP contribution in [0.15, 0.2) is 59.1 Å². The van der Waals surface area contributed by atoms with Gasteiger partial charge in [-0.25, -0.2) is 9.18 Å². The molecule has 0 aliphatic carbocycles. The first-order valence-electron chi connectivity index (χ1n) is 11.5. The summed E-state index contributed by atoms with van der Waals surface area (Å²) in [5.74, 6) is -2.71. The van der Waals surface area contributed by atoms with E-state index >= 15 is 0 Å². The van der Waals surface area contributed by atoms with Gasteiger partial charge in [0.2, 0.25) is 0 Å². The Labute approximate surface area is 223 Å². The Morgan fingerprint density at radius 3 is 2.59 bits per heavy atom. The molecule has 0 saturated carbocycles. The third-order valence-corrected chi connectivity index (χ3v) is 6.42. The fourth-order valence-corrected chi connectivity index (χ4v) is 4.57. The van der Waals surface area contributed by atoms with E-state index in [-0.39, 0.29) is 12.3 Å². The van der Waals surface area contributed by atoms with E-state index in [1.54, 1.807) is 29.7 Å². The molecule has 3 aromatic carbocycles. The molecule has 0 unspecified atom stereocenters. The van der Waals surface area contributed by atoms with E-state index in [1.165, 1.54) is 37.3 Å². The number of alkyl halides is 3. The van der Waals surface area contributed by atoms with Crippen molar-refractivity contribution in [2.24, 2.45) is 0 Å². The first-order valence-corrected chi connectivity index (χ1v) is 11.9. The van der Waals surface area contributed by atoms with Gasteiger partial charge in [0.15, 0.2) is 23.3 Å². The number of aromatic nitrogens is 2. The smallest absolute Gasteiger partial charge is 0.479 e. The molecule has 1 N–H and O–H groups in total. The molecule has 202 valence electrons. The molecule has 12 heteroatoms. The molecule has 5 rings (SSSR count). The maximum Gasteiger partial charge on any atom is 0.573 e. The molecule has 5 aromatic rings. The lowest BCUT2D eigenvalue weighted by Gasteiger charge is -2.14. The number of halogens is 5. The van der Waals surface area contributed by atoms with Crippen LogP contribution in [0.3, 0.4) is 0 Å². The zero-order chi connectivity index (χ0) is 28.1. The van der Waals surface area contributed by atoms with Crippen molar-refractivity contribution in [3.8, 4) is 22.8 Å². The molecule has 0 saturated heterocycles. The molecule has 2 aromatic heterocycles. The van der Waals surface area contributed by atoms with Crippen molar-refractivity contribution < 1.29 is 41.5 Å². The molecule has 0 fully saturated rings. The minimum absolute atomic E-state index is 0.0809. The van der Waals surface area contributed by atoms with Gasteiger partial charge in [0.1, 0.15) is 11.4 Å². The van der Waals surface area contributed by atoms with Crippen molar-refractivity contribution in [1.29, 1.82) is 0 Å². The zero-order valence-electron chi connectivity index (χ0n) is 20.3. The van der Waals surface area contributed by atoms with Crippen molar-refractivity contribution in [1.82, 2.24) is 9.72 Å². The van der Waals surface area contributed by atoms with Crippen molar-refractivity contribution in [2.45, 2.75) is 32.9 Å². The van der Waals surface area contributed by atoms with Crippen LogP contribution in [0.4, 0.5) is 17.6 Å². The summed E-state index contributed by atoms with van der Waals surface area (Å²) in [6, 6.07) is 12.9. The third kappa shape index (κ3) is 5.22. The summed E-state index contributed by atoms with van der Waals surface area (Å²) in [6.45, 7) is 3.11. The average Bonchev–Trinajstić information content (AvgIpc) is 3.37. The number of rotatable bonds is 7. The lowest BCUT2D eigenvalue weighted by atomic mass is 10.0. The summed E-state index contributed by atoms with van der Waals surface area (Å²) < 4.78 is 69.9. The summed E-state index contributed by atoms with van der Waals surface area (Å²) >= 11 is 6.07. The molecule has 39 heavy (non-hydrogen) atoms. The first kappa shape index (κ1) is 26.4. The Hall–Kier alpha value is -4.25. The molecule has 2 heterocycles. The Morgan fingerprint density at radius 2 is 1.87 bits per heavy atom. The van der Waals surface area contributed by atoms with Gasteiger partial charge in [-0.3, -0.25) is 0 Å². The highest BCUT2D eigenvalue weighted by atomic mass is 35.5. The number of hydrogen-bond acceptors (Lipinski definition) is 5. The van der Waals surface area contributed by atoms with Crippen molar-refractivity contribution in [2.75, 3.05) is 0 Å². The Morgan fingerprint density at radius 1 is 1.13 bits per heavy atom. The summed E-state index contributed by atoms with van der Waals surface area (Å²) in [5, 5.41) is 15.0. The van der Waals surface area contributed by atoms with Crippen LogP contribution in [-0.2, 0) is 11.3 Å². The molecule has 0 aliphatic rings. The standard InChI is InChI=1S/C27H19ClF4N2O5/c1-13-24(25-19-6-4-16(28)10-22(19)39-33-25)18-7-5-17(38-27(30,31)32)11-21(18)34(13)12-15-3-8-20(29)23(9-15)37-14(2)26(35)36/h3-11,14H,12H2,1-2H3,(H,35,36)/t14-/m0/s1. The monoisotopic (exact) mass is 562 g/mol. The third-order valence-electron chi connectivity index (χ3n) is 6.19. The van der Waals surface area contributed by atoms with Crippen LogP contribution in [0.2, 0.25) is 5.02 Å². The Kier molecular flexibility index (Phi) is 6.63. The average molecular weight is 563 g/mol. The van der Waals surface area contributed by atoms with E-state index in [0.29, 0.717) is 49.4 Å². The lowest BCUT2D eigenvalue weighted by Crippen LogP contribution is -2.23. The number of hydrogen-bond donors (Lipinski definition) is 1. The van der Waals surface area contributed by atoms with Crippen molar-refractivity contribution in [3.63, 3.8) is 0 Å². The second-order valence-electron chi connectivity index (χ2n) is 8.81. The molecular formula is C27H19ClF4N2O5. The van der Waals surface area contributed by atoms with Gasteiger partial charge in [-0.15, -0.1) is 13.2 Å². The highest BCUT2D eigenvalue weighted by Crippen LogP contribution is 2.40. The van der Waals surface area contributed by atoms with Gasteiger partial charge in [0.25, 0.3) is 0 Å². The molecule has 0 aliphatic heterocycles. The second kappa shape index (κ2) is 9.81. The fraction of sp³-hybridized carbons (Fsp3) is 0.185. The largest absolute Gasteiger partial charge is 0.573 e. The van der Waals surface area contributed by atoms with Crippen LogP contribution in [0.5, 0.6) is 11.5 Å². The molecule has 0 bridgehead atoms. The molecule has 0 spiro atoms. The Balaban J connectivity index is 1.66. The molecule has 1 atom stereocenters. The van der Waals surface area contributed by atoms with Crippen LogP contribution in [0.1, 0.15) is 18.2 Å². The lowest BCUT2D eigenvalue weighted by molar-refractivity contribution is -0.274. The van der Waals surface area contributed by atoms with Gasteiger partial charge in [0.05, 0.1) is 5.52 Å². The maximum absolute atomic E-state index is 14.4. The predicted octanol–water partition coefficient (Wildman–Crippen LogP) is 7.35. The number of benzene rings is 3. The van der Waals surface area contributed by atoms with E-state index in [9.17, 15) is 22.4 Å². The zero-order valence-corrected chi connectivity index (χ0v) is 21.1. The van der Waals surface area contributed by atoms with Crippen molar-refractivity contribution >= 4 is 39.4 Å². The molecule has 0 radical (unpaired) electrons. The minimum atomic E-state index is -4.89. The van der Waals surface area contributed by atoms with Gasteiger partial charge >= 0.3 is 12.3 Å². The maximum atomic E-state index is 14.4. The van der Waals surface area contributed by atoms with Gasteiger partial charge in [-0.2, -0.15) is 0 Å². The minimum Gasteiger partial charge on any atom is -0.479 e. The predicted molar refractivity (Wildman–Crippen MR) is 135 cm³/mol. The van der Waals surface area contributed by atoms with Crippen LogP contribution < -0.4 is 9.47 Å². The fourth-order valence-electron chi connectivity index (χ4n) is 4.41. The quantitative estimate of drug-likeness (QED) is 0.209. The summed E-state index contributed by atoms with van der Waals surface area (Å²) in [5.41, 5.74) is 3.04. The van der Waals surface area contributed by atoms with E-state index in [0.717, 1.165) is 6.07 Å². The Bertz CT molecular complexity index is 1730. The number of carboxylic acids is 1. The number of nitrogens with zero attached hydrogens (tertiary/aromatic N) is 2. The molecular weight excluding hydrogens is 544 g/mol. The van der Waals surface area contributed by atoms with Gasteiger partial charge in [0, 0.05) is 45.7 Å². The van der Waals surface area contributed by atoms with Crippen LogP contribution in [0.25, 0.3) is 33.1 Å². The van der Waals surface area contributed by atoms with Crippen molar-refractivity contribution in [3.05, 3.63) is 76.7 Å². The van der Waals surface area contributed by atoms with E-state index < -0.39 is 30.0 Å². The van der Waals surface area contributed by atoms with Crippen LogP contribution in [0, 0.1) is 12.7 Å². The molecule has 7 nitrogen and oxygen atoms in total. The van der Waals surface area contributed by atoms with Gasteiger partial charge in [-0.1, -0.05) is 22.8 Å². The van der Waals surface area contributed by atoms with E-state index in [2.05, 4.69) is 9.89 Å². The highest BCUT2D eigenvalue weighted by Gasteiger charge is 2.32. The number of ether oxygens (including phenoxy) is 2. The van der Waals surface area contributed by atoms with Crippen LogP contribution in [-0.4, -0.2) is 33.3 Å². The van der Waals surface area contributed by atoms with Gasteiger partial charge in [-0.05, 0) is 55.8 Å². The summed E-state index contributed by atoms with van der Waals surface area (Å²) in [4.78, 5) is 11.2. The number of carbonyl (C=O) groups is 1. The highest BCUT2D eigenvalue weighted by molar-refractivity contribution is 6.31. The SMILES string of the molecule is Cc1c(-c2noc3cc(Cl)ccc23)c2ccc(OC(F)(F)F)cc2n1Cc1ccc(F)c(O[C@@H](C)C(=O)O)c1. The number of aliphatic carboxylic acids is 1. The number of fused-ring (bicyclic) bond motifs is 2. The van der Waals surface area contributed by atoms with Gasteiger partial charge < -0.3 is 23.7 Å². The molecule has 0 amide bonds. The summed E-state index contributed by atoms with van der Waals surface area (Å²) in [6.07, 6.45) is -6.19. The van der Waals surface area contributed by atoms with E-state index in [4.69, 9.17) is 26.0 Å². The van der Waals surface area contributed by atoms with Crippen LogP contribution >= 0.6 is 11.6 Å².